The Kier molecular flexibility index (Phi) is 4.21. The zero-order valence-corrected chi connectivity index (χ0v) is 11.7. The summed E-state index contributed by atoms with van der Waals surface area (Å²) in [6, 6.07) is 7.13. The van der Waals surface area contributed by atoms with E-state index >= 15 is 0 Å². The molecule has 2 rings (SSSR count). The molecule has 0 radical (unpaired) electrons. The first kappa shape index (κ1) is 15.0. The number of hydrogen-bond acceptors (Lipinski definition) is 3. The monoisotopic (exact) mass is 291 g/mol. The van der Waals surface area contributed by atoms with Gasteiger partial charge in [-0.15, -0.1) is 0 Å². The number of hydrogen-bond donors (Lipinski definition) is 1. The summed E-state index contributed by atoms with van der Waals surface area (Å²) in [6.07, 6.45) is 0. The van der Waals surface area contributed by atoms with E-state index in [4.69, 9.17) is 10.5 Å². The van der Waals surface area contributed by atoms with Gasteiger partial charge >= 0.3 is 5.97 Å². The molecule has 0 saturated carbocycles. The van der Waals surface area contributed by atoms with Crippen LogP contribution in [0.25, 0.3) is 0 Å². The van der Waals surface area contributed by atoms with Crippen LogP contribution in [0.4, 0.5) is 14.5 Å². The smallest absolute Gasteiger partial charge is 0.341 e. The number of ether oxygens (including phenoxy) is 1. The number of anilines is 1. The van der Waals surface area contributed by atoms with Crippen molar-refractivity contribution in [2.75, 3.05) is 5.73 Å². The molecule has 0 saturated heterocycles. The third kappa shape index (κ3) is 3.37. The molecule has 0 unspecified atom stereocenters. The van der Waals surface area contributed by atoms with E-state index in [1.807, 2.05) is 32.0 Å². The molecule has 0 aromatic heterocycles. The normalized spacial score (nSPS) is 10.5. The van der Waals surface area contributed by atoms with Gasteiger partial charge in [-0.3, -0.25) is 0 Å². The number of carbonyl (C=O) groups excluding carboxylic acids is 1. The van der Waals surface area contributed by atoms with E-state index < -0.39 is 17.6 Å². The molecule has 5 heteroatoms. The lowest BCUT2D eigenvalue weighted by Crippen LogP contribution is -2.09. The van der Waals surface area contributed by atoms with Crippen LogP contribution >= 0.6 is 0 Å². The van der Waals surface area contributed by atoms with E-state index in [0.717, 1.165) is 22.8 Å². The summed E-state index contributed by atoms with van der Waals surface area (Å²) >= 11 is 0. The maximum atomic E-state index is 13.5. The van der Waals surface area contributed by atoms with Gasteiger partial charge in [0.2, 0.25) is 0 Å². The first-order valence-electron chi connectivity index (χ1n) is 6.36. The largest absolute Gasteiger partial charge is 0.457 e. The predicted octanol–water partition coefficient (Wildman–Crippen LogP) is 3.52. The second-order valence-corrected chi connectivity index (χ2v) is 4.85. The lowest BCUT2D eigenvalue weighted by molar-refractivity contribution is 0.0467. The molecule has 0 fully saturated rings. The van der Waals surface area contributed by atoms with Crippen LogP contribution in [0, 0.1) is 25.5 Å². The van der Waals surface area contributed by atoms with Crippen LogP contribution in [-0.4, -0.2) is 5.97 Å². The molecular weight excluding hydrogens is 276 g/mol. The Morgan fingerprint density at radius 2 is 1.81 bits per heavy atom. The summed E-state index contributed by atoms with van der Waals surface area (Å²) < 4.78 is 31.6. The maximum Gasteiger partial charge on any atom is 0.341 e. The third-order valence-corrected chi connectivity index (χ3v) is 3.25. The molecule has 3 nitrogen and oxygen atoms in total. The van der Waals surface area contributed by atoms with E-state index in [2.05, 4.69) is 0 Å². The van der Waals surface area contributed by atoms with Crippen molar-refractivity contribution in [3.8, 4) is 0 Å². The van der Waals surface area contributed by atoms with Crippen molar-refractivity contribution in [3.05, 3.63) is 64.2 Å². The van der Waals surface area contributed by atoms with Crippen molar-refractivity contribution < 1.29 is 18.3 Å². The fourth-order valence-electron chi connectivity index (χ4n) is 1.84. The van der Waals surface area contributed by atoms with E-state index in [0.29, 0.717) is 6.07 Å². The molecule has 2 aromatic rings. The van der Waals surface area contributed by atoms with E-state index in [9.17, 15) is 13.6 Å². The highest BCUT2D eigenvalue weighted by Crippen LogP contribution is 2.18. The average Bonchev–Trinajstić information content (AvgIpc) is 2.44. The van der Waals surface area contributed by atoms with Crippen molar-refractivity contribution in [1.29, 1.82) is 0 Å². The number of aryl methyl sites for hydroxylation is 2. The third-order valence-electron chi connectivity index (χ3n) is 3.25. The van der Waals surface area contributed by atoms with Crippen molar-refractivity contribution >= 4 is 11.7 Å². The summed E-state index contributed by atoms with van der Waals surface area (Å²) in [5.41, 5.74) is 7.64. The number of nitrogens with two attached hydrogens (primary N) is 1. The summed E-state index contributed by atoms with van der Waals surface area (Å²) in [7, 11) is 0. The number of halogens is 2. The molecule has 21 heavy (non-hydrogen) atoms. The topological polar surface area (TPSA) is 52.3 Å². The zero-order valence-electron chi connectivity index (χ0n) is 11.7. The maximum absolute atomic E-state index is 13.5. The minimum absolute atomic E-state index is 0.0106. The molecule has 2 aromatic carbocycles. The minimum atomic E-state index is -0.994. The Balaban J connectivity index is 2.11. The number of carbonyl (C=O) groups is 1. The SMILES string of the molecule is Cc1ccc(COC(=O)c2cc(N)c(F)cc2F)cc1C. The molecule has 0 aliphatic heterocycles. The second kappa shape index (κ2) is 5.91. The number of esters is 1. The number of rotatable bonds is 3. The lowest BCUT2D eigenvalue weighted by atomic mass is 10.1. The molecule has 0 bridgehead atoms. The Morgan fingerprint density at radius 1 is 1.10 bits per heavy atom. The Labute approximate surface area is 121 Å². The van der Waals surface area contributed by atoms with E-state index in [-0.39, 0.29) is 17.9 Å². The highest BCUT2D eigenvalue weighted by molar-refractivity contribution is 5.90. The van der Waals surface area contributed by atoms with Gasteiger partial charge in [-0.05, 0) is 36.6 Å². The van der Waals surface area contributed by atoms with Crippen LogP contribution in [0.2, 0.25) is 0 Å². The standard InChI is InChI=1S/C16H15F2NO2/c1-9-3-4-11(5-10(9)2)8-21-16(20)12-6-15(19)14(18)7-13(12)17/h3-7H,8,19H2,1-2H3. The van der Waals surface area contributed by atoms with Gasteiger partial charge < -0.3 is 10.5 Å². The zero-order chi connectivity index (χ0) is 15.6. The Hall–Kier alpha value is -2.43. The molecular formula is C16H15F2NO2. The first-order valence-corrected chi connectivity index (χ1v) is 6.36. The summed E-state index contributed by atoms with van der Waals surface area (Å²) in [5, 5.41) is 0. The summed E-state index contributed by atoms with van der Waals surface area (Å²) in [5.74, 6) is -2.78. The van der Waals surface area contributed by atoms with E-state index in [1.165, 1.54) is 0 Å². The van der Waals surface area contributed by atoms with Crippen molar-refractivity contribution in [3.63, 3.8) is 0 Å². The van der Waals surface area contributed by atoms with Gasteiger partial charge in [-0.1, -0.05) is 18.2 Å². The highest BCUT2D eigenvalue weighted by Gasteiger charge is 2.16. The van der Waals surface area contributed by atoms with Crippen molar-refractivity contribution in [2.45, 2.75) is 20.5 Å². The molecule has 0 atom stereocenters. The Bertz CT molecular complexity index is 699. The van der Waals surface area contributed by atoms with Crippen LogP contribution in [-0.2, 0) is 11.3 Å². The fraction of sp³-hybridized carbons (Fsp3) is 0.188. The second-order valence-electron chi connectivity index (χ2n) is 4.85. The Morgan fingerprint density at radius 3 is 2.48 bits per heavy atom. The molecule has 0 heterocycles. The molecule has 0 amide bonds. The van der Waals surface area contributed by atoms with Gasteiger partial charge in [0.25, 0.3) is 0 Å². The van der Waals surface area contributed by atoms with Crippen LogP contribution < -0.4 is 5.73 Å². The minimum Gasteiger partial charge on any atom is -0.457 e. The van der Waals surface area contributed by atoms with Crippen molar-refractivity contribution in [2.24, 2.45) is 0 Å². The van der Waals surface area contributed by atoms with Gasteiger partial charge in [-0.25, -0.2) is 13.6 Å². The predicted molar refractivity (Wildman–Crippen MR) is 75.8 cm³/mol. The van der Waals surface area contributed by atoms with Crippen LogP contribution in [0.3, 0.4) is 0 Å². The van der Waals surface area contributed by atoms with Crippen LogP contribution in [0.15, 0.2) is 30.3 Å². The van der Waals surface area contributed by atoms with Crippen LogP contribution in [0.1, 0.15) is 27.0 Å². The number of nitrogen functional groups attached to an aromatic ring is 1. The fourth-order valence-corrected chi connectivity index (χ4v) is 1.84. The van der Waals surface area contributed by atoms with Crippen molar-refractivity contribution in [1.82, 2.24) is 0 Å². The molecule has 0 aliphatic carbocycles. The summed E-state index contributed by atoms with van der Waals surface area (Å²) in [4.78, 5) is 11.8. The van der Waals surface area contributed by atoms with Gasteiger partial charge in [-0.2, -0.15) is 0 Å². The molecule has 110 valence electrons. The number of benzene rings is 2. The average molecular weight is 291 g/mol. The van der Waals surface area contributed by atoms with Gasteiger partial charge in [0.1, 0.15) is 18.2 Å². The highest BCUT2D eigenvalue weighted by atomic mass is 19.1. The quantitative estimate of drug-likeness (QED) is 0.695. The van der Waals surface area contributed by atoms with Gasteiger partial charge in [0, 0.05) is 6.07 Å². The first-order chi connectivity index (χ1) is 9.88. The van der Waals surface area contributed by atoms with Gasteiger partial charge in [0.15, 0.2) is 0 Å². The molecule has 0 aliphatic rings. The van der Waals surface area contributed by atoms with Gasteiger partial charge in [0.05, 0.1) is 11.3 Å². The van der Waals surface area contributed by atoms with E-state index in [1.54, 1.807) is 0 Å². The lowest BCUT2D eigenvalue weighted by Gasteiger charge is -2.08. The van der Waals surface area contributed by atoms with Crippen LogP contribution in [0.5, 0.6) is 0 Å². The molecule has 2 N–H and O–H groups in total. The summed E-state index contributed by atoms with van der Waals surface area (Å²) in [6.45, 7) is 3.93. The molecule has 0 spiro atoms.